The maximum Gasteiger partial charge on any atom is 0.247 e. The Kier molecular flexibility index (Phi) is 8.20. The number of thioether (sulfide) groups is 1. The van der Waals surface area contributed by atoms with E-state index in [-0.39, 0.29) is 40.9 Å². The number of aliphatic hydroxyl groups is 1. The number of hydrogen-bond acceptors (Lipinski definition) is 5. The number of rotatable bonds is 7. The van der Waals surface area contributed by atoms with Crippen molar-refractivity contribution in [2.45, 2.75) is 88.9 Å². The zero-order valence-corrected chi connectivity index (χ0v) is 26.9. The third kappa shape index (κ3) is 5.23. The number of benzene rings is 1. The van der Waals surface area contributed by atoms with Crippen molar-refractivity contribution in [3.05, 3.63) is 54.6 Å². The van der Waals surface area contributed by atoms with Gasteiger partial charge in [-0.3, -0.25) is 14.4 Å². The molecule has 2 fully saturated rings. The lowest BCUT2D eigenvalue weighted by Crippen LogP contribution is -2.60. The van der Waals surface area contributed by atoms with Gasteiger partial charge in [0.05, 0.1) is 29.2 Å². The van der Waals surface area contributed by atoms with E-state index in [1.165, 1.54) is 0 Å². The SMILES string of the molecule is CC(C)C[C@H](CO)N1C(=O)[C@@H]2[C@H]3C(=O)N(c4ccccc4)CC=C[C@H]3S[C@@]23C=CCN(C(C)(C)CC(C)(C)C)C(=O)C13. The lowest BCUT2D eigenvalue weighted by atomic mass is 9.77. The van der Waals surface area contributed by atoms with Crippen LogP contribution in [0.15, 0.2) is 54.6 Å². The Morgan fingerprint density at radius 3 is 2.29 bits per heavy atom. The van der Waals surface area contributed by atoms with Crippen LogP contribution in [0.5, 0.6) is 0 Å². The number of likely N-dealkylation sites (tertiary alicyclic amines) is 1. The van der Waals surface area contributed by atoms with Crippen LogP contribution in [-0.4, -0.2) is 79.9 Å². The molecule has 2 saturated heterocycles. The van der Waals surface area contributed by atoms with Gasteiger partial charge in [-0.15, -0.1) is 11.8 Å². The smallest absolute Gasteiger partial charge is 0.247 e. The molecule has 4 aliphatic rings. The second-order valence-corrected chi connectivity index (χ2v) is 16.2. The summed E-state index contributed by atoms with van der Waals surface area (Å²) in [5.41, 5.74) is 0.329. The summed E-state index contributed by atoms with van der Waals surface area (Å²) in [7, 11) is 0. The second kappa shape index (κ2) is 11.2. The van der Waals surface area contributed by atoms with Crippen LogP contribution in [0.1, 0.15) is 61.3 Å². The molecule has 4 heterocycles. The van der Waals surface area contributed by atoms with Crippen molar-refractivity contribution in [3.63, 3.8) is 0 Å². The summed E-state index contributed by atoms with van der Waals surface area (Å²) >= 11 is 1.60. The molecule has 6 atom stereocenters. The molecule has 3 amide bonds. The van der Waals surface area contributed by atoms with E-state index < -0.39 is 34.2 Å². The first-order chi connectivity index (χ1) is 19.7. The number of amides is 3. The molecule has 228 valence electrons. The minimum Gasteiger partial charge on any atom is -0.394 e. The fraction of sp³-hybridized carbons (Fsp3) is 0.618. The molecule has 7 nitrogen and oxygen atoms in total. The van der Waals surface area contributed by atoms with Crippen LogP contribution in [-0.2, 0) is 14.4 Å². The Hall–Kier alpha value is -2.58. The van der Waals surface area contributed by atoms with E-state index >= 15 is 0 Å². The van der Waals surface area contributed by atoms with Gasteiger partial charge in [-0.1, -0.05) is 77.1 Å². The van der Waals surface area contributed by atoms with Gasteiger partial charge in [0, 0.05) is 29.6 Å². The van der Waals surface area contributed by atoms with Crippen molar-refractivity contribution in [1.29, 1.82) is 0 Å². The van der Waals surface area contributed by atoms with E-state index in [0.717, 1.165) is 12.1 Å². The van der Waals surface area contributed by atoms with E-state index in [0.29, 0.717) is 19.5 Å². The first kappa shape index (κ1) is 30.9. The highest BCUT2D eigenvalue weighted by molar-refractivity contribution is 8.02. The lowest BCUT2D eigenvalue weighted by Gasteiger charge is -2.45. The van der Waals surface area contributed by atoms with Gasteiger partial charge in [-0.2, -0.15) is 0 Å². The first-order valence-corrected chi connectivity index (χ1v) is 16.2. The van der Waals surface area contributed by atoms with Gasteiger partial charge >= 0.3 is 0 Å². The largest absolute Gasteiger partial charge is 0.394 e. The van der Waals surface area contributed by atoms with Gasteiger partial charge in [0.15, 0.2) is 0 Å². The molecule has 4 aliphatic heterocycles. The quantitative estimate of drug-likeness (QED) is 0.455. The molecule has 0 radical (unpaired) electrons. The Morgan fingerprint density at radius 2 is 1.67 bits per heavy atom. The lowest BCUT2D eigenvalue weighted by molar-refractivity contribution is -0.149. The predicted octanol–water partition coefficient (Wildman–Crippen LogP) is 4.91. The maximum absolute atomic E-state index is 14.9. The van der Waals surface area contributed by atoms with Crippen LogP contribution < -0.4 is 4.90 Å². The highest BCUT2D eigenvalue weighted by Crippen LogP contribution is 2.62. The zero-order chi connectivity index (χ0) is 30.6. The second-order valence-electron chi connectivity index (χ2n) is 14.7. The molecule has 8 heteroatoms. The van der Waals surface area contributed by atoms with Crippen molar-refractivity contribution in [2.24, 2.45) is 23.2 Å². The Bertz CT molecular complexity index is 1270. The van der Waals surface area contributed by atoms with E-state index in [1.807, 2.05) is 47.4 Å². The fourth-order valence-corrected chi connectivity index (χ4v) is 10.1. The minimum absolute atomic E-state index is 0.0100. The minimum atomic E-state index is -0.903. The van der Waals surface area contributed by atoms with E-state index in [4.69, 9.17) is 0 Å². The normalized spacial score (nSPS) is 30.4. The molecular formula is C34H47N3O4S. The number of fused-ring (bicyclic) bond motifs is 2. The standard InChI is InChI=1S/C34H47N3O4S/c1-22(2)19-24(20-38)37-28-31(41)36(33(6,7)21-32(3,4)5)18-12-16-34(28)27(30(37)40)26-25(42-34)15-11-17-35(29(26)39)23-13-9-8-10-14-23/h8-16,22,24-28,38H,17-21H2,1-7H3/t24-,25-,26+,27+,28?,34+/m1/s1. The van der Waals surface area contributed by atoms with E-state index in [1.54, 1.807) is 21.6 Å². The summed E-state index contributed by atoms with van der Waals surface area (Å²) in [6.45, 7) is 15.5. The number of para-hydroxylation sites is 1. The Balaban J connectivity index is 1.63. The summed E-state index contributed by atoms with van der Waals surface area (Å²) in [5, 5.41) is 10.4. The molecule has 0 saturated carbocycles. The highest BCUT2D eigenvalue weighted by Gasteiger charge is 2.72. The van der Waals surface area contributed by atoms with Gasteiger partial charge in [0.25, 0.3) is 0 Å². The molecule has 1 aromatic rings. The molecule has 0 aliphatic carbocycles. The topological polar surface area (TPSA) is 81.2 Å². The zero-order valence-electron chi connectivity index (χ0n) is 26.1. The average molecular weight is 594 g/mol. The monoisotopic (exact) mass is 593 g/mol. The number of aliphatic hydroxyl groups excluding tert-OH is 1. The van der Waals surface area contributed by atoms with E-state index in [9.17, 15) is 19.5 Å². The summed E-state index contributed by atoms with van der Waals surface area (Å²) in [4.78, 5) is 49.4. The van der Waals surface area contributed by atoms with Gasteiger partial charge in [-0.25, -0.2) is 0 Å². The van der Waals surface area contributed by atoms with Crippen LogP contribution in [0, 0.1) is 23.2 Å². The van der Waals surface area contributed by atoms with Crippen LogP contribution in [0.3, 0.4) is 0 Å². The molecule has 0 aromatic heterocycles. The fourth-order valence-electron chi connectivity index (χ4n) is 8.07. The third-order valence-electron chi connectivity index (χ3n) is 9.21. The number of carbonyl (C=O) groups excluding carboxylic acids is 3. The number of anilines is 1. The molecule has 1 aromatic carbocycles. The van der Waals surface area contributed by atoms with Crippen molar-refractivity contribution in [2.75, 3.05) is 24.6 Å². The van der Waals surface area contributed by atoms with Gasteiger partial charge in [-0.05, 0) is 50.2 Å². The molecule has 42 heavy (non-hydrogen) atoms. The van der Waals surface area contributed by atoms with E-state index in [2.05, 4.69) is 60.6 Å². The summed E-state index contributed by atoms with van der Waals surface area (Å²) in [6, 6.07) is 8.29. The maximum atomic E-state index is 14.9. The van der Waals surface area contributed by atoms with Gasteiger partial charge < -0.3 is 19.8 Å². The van der Waals surface area contributed by atoms with Crippen molar-refractivity contribution < 1.29 is 19.5 Å². The summed E-state index contributed by atoms with van der Waals surface area (Å²) in [5.74, 6) is -1.46. The number of hydrogen-bond donors (Lipinski definition) is 1. The van der Waals surface area contributed by atoms with Crippen LogP contribution in [0.2, 0.25) is 0 Å². The highest BCUT2D eigenvalue weighted by atomic mass is 32.2. The van der Waals surface area contributed by atoms with Crippen LogP contribution in [0.4, 0.5) is 5.69 Å². The molecular weight excluding hydrogens is 546 g/mol. The number of carbonyl (C=O) groups is 3. The Morgan fingerprint density at radius 1 is 0.976 bits per heavy atom. The molecule has 5 rings (SSSR count). The van der Waals surface area contributed by atoms with Gasteiger partial charge in [0.1, 0.15) is 6.04 Å². The first-order valence-electron chi connectivity index (χ1n) is 15.3. The third-order valence-corrected chi connectivity index (χ3v) is 10.9. The molecule has 1 spiro atoms. The van der Waals surface area contributed by atoms with Crippen molar-refractivity contribution in [3.8, 4) is 0 Å². The molecule has 1 unspecified atom stereocenters. The Labute approximate surface area is 255 Å². The summed E-state index contributed by atoms with van der Waals surface area (Å²) in [6.07, 6.45) is 9.57. The van der Waals surface area contributed by atoms with Crippen LogP contribution >= 0.6 is 11.8 Å². The molecule has 0 bridgehead atoms. The summed E-state index contributed by atoms with van der Waals surface area (Å²) < 4.78 is -0.903. The molecule has 1 N–H and O–H groups in total. The van der Waals surface area contributed by atoms with Crippen molar-refractivity contribution in [1.82, 2.24) is 9.80 Å². The van der Waals surface area contributed by atoms with Crippen LogP contribution in [0.25, 0.3) is 0 Å². The van der Waals surface area contributed by atoms with Crippen molar-refractivity contribution >= 4 is 35.2 Å². The van der Waals surface area contributed by atoms with Gasteiger partial charge in [0.2, 0.25) is 17.7 Å². The predicted molar refractivity (Wildman–Crippen MR) is 169 cm³/mol. The average Bonchev–Trinajstić information content (AvgIpc) is 3.21. The number of nitrogens with zero attached hydrogens (tertiary/aromatic N) is 3.